The number of nitriles is 1. The lowest BCUT2D eigenvalue weighted by Gasteiger charge is -2.32. The maximum absolute atomic E-state index is 11.0. The van der Waals surface area contributed by atoms with Crippen molar-refractivity contribution in [3.05, 3.63) is 27.9 Å². The van der Waals surface area contributed by atoms with Crippen LogP contribution in [0.4, 0.5) is 11.5 Å². The summed E-state index contributed by atoms with van der Waals surface area (Å²) < 4.78 is 5.16. The Morgan fingerprint density at radius 3 is 2.90 bits per heavy atom. The van der Waals surface area contributed by atoms with Crippen LogP contribution in [0.1, 0.15) is 18.4 Å². The van der Waals surface area contributed by atoms with Crippen LogP contribution in [0.3, 0.4) is 0 Å². The molecule has 1 fully saturated rings. The van der Waals surface area contributed by atoms with Gasteiger partial charge in [-0.3, -0.25) is 10.1 Å². The summed E-state index contributed by atoms with van der Waals surface area (Å²) in [5.74, 6) is -0.00559. The fraction of sp³-hybridized carbons (Fsp3) is 0.500. The molecule has 0 saturated carbocycles. The molecule has 0 spiro atoms. The highest BCUT2D eigenvalue weighted by molar-refractivity contribution is 5.64. The monoisotopic (exact) mass is 278 g/mol. The van der Waals surface area contributed by atoms with Crippen molar-refractivity contribution >= 4 is 11.5 Å². The number of rotatable bonds is 4. The van der Waals surface area contributed by atoms with E-state index >= 15 is 0 Å². The zero-order chi connectivity index (χ0) is 14.6. The Bertz CT molecular complexity index is 549. The maximum atomic E-state index is 11.0. The molecule has 2 N–H and O–H groups in total. The summed E-state index contributed by atoms with van der Waals surface area (Å²) in [4.78, 5) is 14.3. The van der Waals surface area contributed by atoms with E-state index < -0.39 is 10.5 Å². The molecule has 0 amide bonds. The van der Waals surface area contributed by atoms with Gasteiger partial charge < -0.3 is 15.2 Å². The van der Waals surface area contributed by atoms with Crippen LogP contribution >= 0.6 is 0 Å². The Kier molecular flexibility index (Phi) is 4.12. The van der Waals surface area contributed by atoms with E-state index in [1.807, 2.05) is 0 Å². The summed E-state index contributed by atoms with van der Waals surface area (Å²) >= 11 is 0. The van der Waals surface area contributed by atoms with Gasteiger partial charge in [-0.05, 0) is 6.07 Å². The molecule has 8 heteroatoms. The van der Waals surface area contributed by atoms with E-state index in [4.69, 9.17) is 10.00 Å². The quantitative estimate of drug-likeness (QED) is 0.617. The molecule has 0 bridgehead atoms. The van der Waals surface area contributed by atoms with E-state index in [9.17, 15) is 15.2 Å². The number of pyridine rings is 1. The summed E-state index contributed by atoms with van der Waals surface area (Å²) in [5.41, 5.74) is -1.41. The summed E-state index contributed by atoms with van der Waals surface area (Å²) in [7, 11) is 0. The molecule has 2 heterocycles. The lowest BCUT2D eigenvalue weighted by Crippen LogP contribution is -2.42. The van der Waals surface area contributed by atoms with Gasteiger partial charge in [-0.2, -0.15) is 5.26 Å². The molecule has 0 radical (unpaired) electrons. The van der Waals surface area contributed by atoms with Gasteiger partial charge >= 0.3 is 5.69 Å². The van der Waals surface area contributed by atoms with E-state index in [2.05, 4.69) is 10.3 Å². The van der Waals surface area contributed by atoms with E-state index in [1.165, 1.54) is 12.3 Å². The number of nitrogens with one attached hydrogen (secondary N) is 1. The van der Waals surface area contributed by atoms with Gasteiger partial charge in [-0.25, -0.2) is 4.98 Å². The molecule has 2 rings (SSSR count). The largest absolute Gasteiger partial charge is 0.388 e. The highest BCUT2D eigenvalue weighted by Gasteiger charge is 2.31. The van der Waals surface area contributed by atoms with Gasteiger partial charge in [0.2, 0.25) is 5.82 Å². The maximum Gasteiger partial charge on any atom is 0.328 e. The summed E-state index contributed by atoms with van der Waals surface area (Å²) in [6.45, 7) is 1.02. The van der Waals surface area contributed by atoms with Crippen molar-refractivity contribution in [2.24, 2.45) is 0 Å². The first-order valence-corrected chi connectivity index (χ1v) is 6.13. The van der Waals surface area contributed by atoms with Gasteiger partial charge in [0.05, 0.1) is 10.5 Å². The Hall–Kier alpha value is -2.24. The first kappa shape index (κ1) is 14.2. The van der Waals surface area contributed by atoms with E-state index in [0.29, 0.717) is 26.1 Å². The van der Waals surface area contributed by atoms with Crippen LogP contribution in [0.5, 0.6) is 0 Å². The molecule has 106 valence electrons. The fourth-order valence-electron chi connectivity index (χ4n) is 2.03. The van der Waals surface area contributed by atoms with Gasteiger partial charge in [0, 0.05) is 38.8 Å². The van der Waals surface area contributed by atoms with Gasteiger partial charge in [0.25, 0.3) is 0 Å². The second-order valence-corrected chi connectivity index (χ2v) is 4.61. The molecule has 1 aliphatic rings. The Morgan fingerprint density at radius 1 is 1.60 bits per heavy atom. The Labute approximate surface area is 115 Å². The minimum absolute atomic E-state index is 0.00559. The normalized spacial score (nSPS) is 17.2. The highest BCUT2D eigenvalue weighted by Crippen LogP contribution is 2.27. The molecule has 0 atom stereocenters. The average molecular weight is 278 g/mol. The molecular weight excluding hydrogens is 264 g/mol. The molecule has 1 aromatic rings. The number of anilines is 1. The van der Waals surface area contributed by atoms with Crippen LogP contribution in [0.2, 0.25) is 0 Å². The van der Waals surface area contributed by atoms with Crippen molar-refractivity contribution < 1.29 is 14.8 Å². The van der Waals surface area contributed by atoms with Gasteiger partial charge in [0.15, 0.2) is 0 Å². The highest BCUT2D eigenvalue weighted by atomic mass is 16.6. The number of hydrogen-bond acceptors (Lipinski definition) is 7. The minimum atomic E-state index is -0.976. The summed E-state index contributed by atoms with van der Waals surface area (Å²) in [6.07, 6.45) is 2.22. The second kappa shape index (κ2) is 5.81. The second-order valence-electron chi connectivity index (χ2n) is 4.61. The van der Waals surface area contributed by atoms with Crippen molar-refractivity contribution in [2.45, 2.75) is 18.4 Å². The van der Waals surface area contributed by atoms with Crippen LogP contribution in [0, 0.1) is 21.4 Å². The van der Waals surface area contributed by atoms with Crippen molar-refractivity contribution in [3.63, 3.8) is 0 Å². The standard InChI is InChI=1S/C12H14N4O4/c13-7-9-1-4-14-11(10(9)16(18)19)15-8-12(17)2-5-20-6-3-12/h1,4,17H,2-3,5-6,8H2,(H,14,15). The molecule has 0 unspecified atom stereocenters. The molecule has 1 aromatic heterocycles. The third-order valence-corrected chi connectivity index (χ3v) is 3.24. The third-order valence-electron chi connectivity index (χ3n) is 3.24. The number of ether oxygens (including phenoxy) is 1. The van der Waals surface area contributed by atoms with Crippen molar-refractivity contribution in [1.29, 1.82) is 5.26 Å². The smallest absolute Gasteiger partial charge is 0.328 e. The van der Waals surface area contributed by atoms with E-state index in [-0.39, 0.29) is 23.6 Å². The molecule has 1 saturated heterocycles. The fourth-order valence-corrected chi connectivity index (χ4v) is 2.03. The third kappa shape index (κ3) is 3.01. The van der Waals surface area contributed by atoms with Crippen molar-refractivity contribution in [2.75, 3.05) is 25.1 Å². The van der Waals surface area contributed by atoms with Crippen molar-refractivity contribution in [1.82, 2.24) is 4.98 Å². The van der Waals surface area contributed by atoms with E-state index in [1.54, 1.807) is 6.07 Å². The first-order chi connectivity index (χ1) is 9.56. The van der Waals surface area contributed by atoms with Gasteiger partial charge in [-0.1, -0.05) is 0 Å². The number of nitro groups is 1. The predicted molar refractivity (Wildman–Crippen MR) is 69.1 cm³/mol. The number of aliphatic hydroxyl groups is 1. The number of hydrogen-bond donors (Lipinski definition) is 2. The molecule has 0 aromatic carbocycles. The zero-order valence-corrected chi connectivity index (χ0v) is 10.7. The minimum Gasteiger partial charge on any atom is -0.388 e. The SMILES string of the molecule is N#Cc1ccnc(NCC2(O)CCOCC2)c1[N+](=O)[O-]. The lowest BCUT2D eigenvalue weighted by molar-refractivity contribution is -0.384. The van der Waals surface area contributed by atoms with Crippen LogP contribution in [-0.2, 0) is 4.74 Å². The first-order valence-electron chi connectivity index (χ1n) is 6.13. The summed E-state index contributed by atoms with van der Waals surface area (Å²) in [5, 5.41) is 33.0. The average Bonchev–Trinajstić information content (AvgIpc) is 2.45. The Morgan fingerprint density at radius 2 is 2.30 bits per heavy atom. The Balaban J connectivity index is 2.17. The summed E-state index contributed by atoms with van der Waals surface area (Å²) in [6, 6.07) is 3.04. The van der Waals surface area contributed by atoms with Crippen LogP contribution < -0.4 is 5.32 Å². The van der Waals surface area contributed by atoms with Crippen molar-refractivity contribution in [3.8, 4) is 6.07 Å². The predicted octanol–water partition coefficient (Wildman–Crippen LogP) is 0.815. The number of nitrogens with zero attached hydrogens (tertiary/aromatic N) is 3. The topological polar surface area (TPSA) is 121 Å². The zero-order valence-electron chi connectivity index (χ0n) is 10.7. The number of aromatic nitrogens is 1. The van der Waals surface area contributed by atoms with Crippen LogP contribution in [0.25, 0.3) is 0 Å². The van der Waals surface area contributed by atoms with Gasteiger partial charge in [0.1, 0.15) is 11.6 Å². The molecule has 0 aliphatic carbocycles. The van der Waals surface area contributed by atoms with Gasteiger partial charge in [-0.15, -0.1) is 0 Å². The van der Waals surface area contributed by atoms with Crippen LogP contribution in [-0.4, -0.2) is 40.4 Å². The molecule has 20 heavy (non-hydrogen) atoms. The lowest BCUT2D eigenvalue weighted by atomic mass is 9.94. The molecule has 1 aliphatic heterocycles. The van der Waals surface area contributed by atoms with E-state index in [0.717, 1.165) is 0 Å². The van der Waals surface area contributed by atoms with Crippen LogP contribution in [0.15, 0.2) is 12.3 Å². The molecule has 8 nitrogen and oxygen atoms in total. The molecular formula is C12H14N4O4.